The molecule has 19 heavy (non-hydrogen) atoms. The summed E-state index contributed by atoms with van der Waals surface area (Å²) in [5.41, 5.74) is 1.04. The number of amides is 1. The highest BCUT2D eigenvalue weighted by Crippen LogP contribution is 2.17. The average Bonchev–Trinajstić information content (AvgIpc) is 2.94. The number of carbonyl (C=O) groups excluding carboxylic acids is 1. The Morgan fingerprint density at radius 1 is 1.21 bits per heavy atom. The molecule has 1 heterocycles. The molecule has 0 spiro atoms. The van der Waals surface area contributed by atoms with Crippen LogP contribution in [0, 0.1) is 0 Å². The van der Waals surface area contributed by atoms with Crippen molar-refractivity contribution in [2.24, 2.45) is 0 Å². The van der Waals surface area contributed by atoms with Gasteiger partial charge in [0.25, 0.3) is 0 Å². The predicted molar refractivity (Wildman–Crippen MR) is 80.4 cm³/mol. The molecular formula is C15H18N2OS. The van der Waals surface area contributed by atoms with Crippen molar-refractivity contribution in [3.8, 4) is 0 Å². The molecule has 0 saturated carbocycles. The number of rotatable bonds is 6. The summed E-state index contributed by atoms with van der Waals surface area (Å²) in [5, 5.41) is 8.25. The third-order valence-corrected chi connectivity index (χ3v) is 3.86. The molecule has 3 nitrogen and oxygen atoms in total. The van der Waals surface area contributed by atoms with E-state index in [-0.39, 0.29) is 11.9 Å². The Labute approximate surface area is 117 Å². The van der Waals surface area contributed by atoms with E-state index in [2.05, 4.69) is 10.6 Å². The zero-order valence-electron chi connectivity index (χ0n) is 10.9. The van der Waals surface area contributed by atoms with Crippen LogP contribution in [0.15, 0.2) is 47.8 Å². The highest BCUT2D eigenvalue weighted by molar-refractivity contribution is 7.10. The van der Waals surface area contributed by atoms with Crippen molar-refractivity contribution < 1.29 is 4.79 Å². The molecule has 2 N–H and O–H groups in total. The van der Waals surface area contributed by atoms with E-state index in [9.17, 15) is 4.79 Å². The topological polar surface area (TPSA) is 41.1 Å². The van der Waals surface area contributed by atoms with E-state index in [1.807, 2.05) is 54.8 Å². The summed E-state index contributed by atoms with van der Waals surface area (Å²) in [5.74, 6) is 0.0735. The lowest BCUT2D eigenvalue weighted by Crippen LogP contribution is -2.27. The molecule has 1 aromatic carbocycles. The van der Waals surface area contributed by atoms with E-state index in [1.165, 1.54) is 4.88 Å². The van der Waals surface area contributed by atoms with Gasteiger partial charge in [0.05, 0.1) is 6.04 Å². The van der Waals surface area contributed by atoms with Crippen LogP contribution in [0.2, 0.25) is 0 Å². The third-order valence-electron chi connectivity index (χ3n) is 2.80. The summed E-state index contributed by atoms with van der Waals surface area (Å²) in [6.07, 6.45) is 0.477. The minimum Gasteiger partial charge on any atom is -0.385 e. The number of benzene rings is 1. The van der Waals surface area contributed by atoms with Gasteiger partial charge in [-0.1, -0.05) is 24.3 Å². The van der Waals surface area contributed by atoms with Crippen LogP contribution in [0.4, 0.5) is 5.69 Å². The van der Waals surface area contributed by atoms with Gasteiger partial charge in [-0.3, -0.25) is 4.79 Å². The molecule has 0 aliphatic rings. The molecule has 1 atom stereocenters. The van der Waals surface area contributed by atoms with Crippen molar-refractivity contribution >= 4 is 22.9 Å². The van der Waals surface area contributed by atoms with Crippen molar-refractivity contribution in [2.75, 3.05) is 11.9 Å². The lowest BCUT2D eigenvalue weighted by Gasteiger charge is -2.12. The minimum atomic E-state index is 0.0735. The molecule has 4 heteroatoms. The van der Waals surface area contributed by atoms with Crippen LogP contribution in [0.3, 0.4) is 0 Å². The number of hydrogen-bond acceptors (Lipinski definition) is 3. The van der Waals surface area contributed by atoms with E-state index < -0.39 is 0 Å². The van der Waals surface area contributed by atoms with Gasteiger partial charge in [-0.05, 0) is 30.5 Å². The zero-order valence-corrected chi connectivity index (χ0v) is 11.7. The maximum Gasteiger partial charge on any atom is 0.222 e. The molecule has 0 unspecified atom stereocenters. The summed E-state index contributed by atoms with van der Waals surface area (Å²) in [6, 6.07) is 14.0. The molecule has 100 valence electrons. The lowest BCUT2D eigenvalue weighted by atomic mass is 10.2. The first-order chi connectivity index (χ1) is 9.25. The van der Waals surface area contributed by atoms with Gasteiger partial charge in [0, 0.05) is 23.5 Å². The Balaban J connectivity index is 1.70. The number of hydrogen-bond donors (Lipinski definition) is 2. The first-order valence-corrected chi connectivity index (χ1v) is 7.25. The second kappa shape index (κ2) is 6.95. The maximum absolute atomic E-state index is 11.8. The van der Waals surface area contributed by atoms with Crippen molar-refractivity contribution in [2.45, 2.75) is 19.4 Å². The van der Waals surface area contributed by atoms with Crippen LogP contribution < -0.4 is 10.6 Å². The SMILES string of the molecule is C[C@@H](NC(=O)CCNc1ccccc1)c1cccs1. The molecule has 2 rings (SSSR count). The summed E-state index contributed by atoms with van der Waals surface area (Å²) in [7, 11) is 0. The molecule has 2 aromatic rings. The van der Waals surface area contributed by atoms with Gasteiger partial charge in [0.2, 0.25) is 5.91 Å². The van der Waals surface area contributed by atoms with E-state index in [4.69, 9.17) is 0 Å². The number of anilines is 1. The number of carbonyl (C=O) groups is 1. The standard InChI is InChI=1S/C15H18N2OS/c1-12(14-8-5-11-19-14)17-15(18)9-10-16-13-6-3-2-4-7-13/h2-8,11-12,16H,9-10H2,1H3,(H,17,18)/t12-/m1/s1. The monoisotopic (exact) mass is 274 g/mol. The molecule has 0 bridgehead atoms. The van der Waals surface area contributed by atoms with Gasteiger partial charge >= 0.3 is 0 Å². The van der Waals surface area contributed by atoms with Crippen molar-refractivity contribution in [3.05, 3.63) is 52.7 Å². The lowest BCUT2D eigenvalue weighted by molar-refractivity contribution is -0.121. The largest absolute Gasteiger partial charge is 0.385 e. The molecule has 0 radical (unpaired) electrons. The van der Waals surface area contributed by atoms with Crippen LogP contribution in [-0.2, 0) is 4.79 Å². The number of para-hydroxylation sites is 1. The van der Waals surface area contributed by atoms with Crippen LogP contribution in [0.25, 0.3) is 0 Å². The van der Waals surface area contributed by atoms with Crippen LogP contribution in [0.1, 0.15) is 24.3 Å². The van der Waals surface area contributed by atoms with E-state index in [0.717, 1.165) is 5.69 Å². The van der Waals surface area contributed by atoms with E-state index in [0.29, 0.717) is 13.0 Å². The van der Waals surface area contributed by atoms with E-state index in [1.54, 1.807) is 11.3 Å². The second-order valence-corrected chi connectivity index (χ2v) is 5.33. The van der Waals surface area contributed by atoms with E-state index >= 15 is 0 Å². The number of nitrogens with one attached hydrogen (secondary N) is 2. The number of thiophene rings is 1. The third kappa shape index (κ3) is 4.41. The van der Waals surface area contributed by atoms with Crippen LogP contribution in [-0.4, -0.2) is 12.5 Å². The molecule has 1 aromatic heterocycles. The molecule has 0 saturated heterocycles. The Hall–Kier alpha value is -1.81. The zero-order chi connectivity index (χ0) is 13.5. The fourth-order valence-electron chi connectivity index (χ4n) is 1.80. The van der Waals surface area contributed by atoms with Crippen LogP contribution >= 0.6 is 11.3 Å². The maximum atomic E-state index is 11.8. The average molecular weight is 274 g/mol. The van der Waals surface area contributed by atoms with Crippen molar-refractivity contribution in [1.82, 2.24) is 5.32 Å². The second-order valence-electron chi connectivity index (χ2n) is 4.35. The van der Waals surface area contributed by atoms with Gasteiger partial charge in [-0.15, -0.1) is 11.3 Å². The van der Waals surface area contributed by atoms with Crippen LogP contribution in [0.5, 0.6) is 0 Å². The molecule has 0 aliphatic heterocycles. The summed E-state index contributed by atoms with van der Waals surface area (Å²) < 4.78 is 0. The normalized spacial score (nSPS) is 11.8. The summed E-state index contributed by atoms with van der Waals surface area (Å²) >= 11 is 1.66. The van der Waals surface area contributed by atoms with Crippen molar-refractivity contribution in [1.29, 1.82) is 0 Å². The quantitative estimate of drug-likeness (QED) is 0.847. The fourth-order valence-corrected chi connectivity index (χ4v) is 2.53. The Morgan fingerprint density at radius 2 is 2.00 bits per heavy atom. The first-order valence-electron chi connectivity index (χ1n) is 6.37. The Kier molecular flexibility index (Phi) is 4.98. The van der Waals surface area contributed by atoms with Gasteiger partial charge in [0.15, 0.2) is 0 Å². The Bertz CT molecular complexity index is 496. The Morgan fingerprint density at radius 3 is 2.68 bits per heavy atom. The minimum absolute atomic E-state index is 0.0735. The predicted octanol–water partition coefficient (Wildman–Crippen LogP) is 3.43. The summed E-state index contributed by atoms with van der Waals surface area (Å²) in [6.45, 7) is 2.65. The van der Waals surface area contributed by atoms with Crippen molar-refractivity contribution in [3.63, 3.8) is 0 Å². The molecular weight excluding hydrogens is 256 g/mol. The van der Waals surface area contributed by atoms with Gasteiger partial charge in [0.1, 0.15) is 0 Å². The van der Waals surface area contributed by atoms with Gasteiger partial charge in [-0.25, -0.2) is 0 Å². The van der Waals surface area contributed by atoms with Gasteiger partial charge < -0.3 is 10.6 Å². The molecule has 0 aliphatic carbocycles. The molecule has 0 fully saturated rings. The molecule has 1 amide bonds. The highest BCUT2D eigenvalue weighted by Gasteiger charge is 2.09. The highest BCUT2D eigenvalue weighted by atomic mass is 32.1. The summed E-state index contributed by atoms with van der Waals surface area (Å²) in [4.78, 5) is 13.0. The smallest absolute Gasteiger partial charge is 0.222 e. The van der Waals surface area contributed by atoms with Gasteiger partial charge in [-0.2, -0.15) is 0 Å². The fraction of sp³-hybridized carbons (Fsp3) is 0.267. The first kappa shape index (κ1) is 13.6.